The fourth-order valence-corrected chi connectivity index (χ4v) is 2.30. The maximum Gasteiger partial charge on any atom is 0.246 e. The summed E-state index contributed by atoms with van der Waals surface area (Å²) in [6, 6.07) is -0.539. The fraction of sp³-hybridized carbons (Fsp3) is 0.833. The van der Waals surface area contributed by atoms with Gasteiger partial charge in [0.05, 0.1) is 0 Å². The van der Waals surface area contributed by atoms with E-state index >= 15 is 0 Å². The van der Waals surface area contributed by atoms with Crippen LogP contribution in [0.3, 0.4) is 0 Å². The highest BCUT2D eigenvalue weighted by atomic mass is 16.5. The molecule has 17 heavy (non-hydrogen) atoms. The molecule has 0 spiro atoms. The number of primary amides is 1. The van der Waals surface area contributed by atoms with Crippen molar-refractivity contribution in [1.82, 2.24) is 5.32 Å². The van der Waals surface area contributed by atoms with Crippen LogP contribution in [0.25, 0.3) is 0 Å². The van der Waals surface area contributed by atoms with Crippen molar-refractivity contribution in [2.45, 2.75) is 45.1 Å². The lowest BCUT2D eigenvalue weighted by Gasteiger charge is -2.28. The van der Waals surface area contributed by atoms with Crippen LogP contribution in [0.15, 0.2) is 0 Å². The average Bonchev–Trinajstić information content (AvgIpc) is 2.34. The fourth-order valence-electron chi connectivity index (χ4n) is 2.30. The van der Waals surface area contributed by atoms with E-state index in [1.54, 1.807) is 0 Å². The first kappa shape index (κ1) is 14.0. The third-order valence-corrected chi connectivity index (χ3v) is 3.18. The van der Waals surface area contributed by atoms with Gasteiger partial charge in [0.15, 0.2) is 0 Å². The molecule has 1 saturated carbocycles. The van der Waals surface area contributed by atoms with E-state index in [0.717, 1.165) is 25.7 Å². The zero-order valence-corrected chi connectivity index (χ0v) is 10.4. The molecule has 0 radical (unpaired) electrons. The van der Waals surface area contributed by atoms with Gasteiger partial charge >= 0.3 is 0 Å². The molecule has 0 unspecified atom stereocenters. The lowest BCUT2D eigenvalue weighted by atomic mass is 9.83. The summed E-state index contributed by atoms with van der Waals surface area (Å²) in [5, 5.41) is 2.68. The number of nitrogens with one attached hydrogen (secondary N) is 1. The van der Waals surface area contributed by atoms with Crippen LogP contribution in [0, 0.1) is 5.92 Å². The monoisotopic (exact) mass is 242 g/mol. The Labute approximate surface area is 102 Å². The molecule has 0 saturated heterocycles. The van der Waals surface area contributed by atoms with Gasteiger partial charge in [0.25, 0.3) is 0 Å². The lowest BCUT2D eigenvalue weighted by molar-refractivity contribution is -0.131. The molecule has 1 fully saturated rings. The summed E-state index contributed by atoms with van der Waals surface area (Å²) >= 11 is 0. The van der Waals surface area contributed by atoms with Crippen LogP contribution in [0.4, 0.5) is 0 Å². The van der Waals surface area contributed by atoms with E-state index in [2.05, 4.69) is 5.32 Å². The van der Waals surface area contributed by atoms with E-state index in [0.29, 0.717) is 6.61 Å². The highest BCUT2D eigenvalue weighted by molar-refractivity contribution is 5.87. The smallest absolute Gasteiger partial charge is 0.246 e. The van der Waals surface area contributed by atoms with Crippen molar-refractivity contribution < 1.29 is 14.3 Å². The molecule has 0 aromatic rings. The Morgan fingerprint density at radius 2 is 2.00 bits per heavy atom. The maximum atomic E-state index is 11.5. The van der Waals surface area contributed by atoms with Gasteiger partial charge < -0.3 is 15.8 Å². The number of carbonyl (C=O) groups excluding carboxylic acids is 2. The summed E-state index contributed by atoms with van der Waals surface area (Å²) in [6.45, 7) is 2.30. The first-order valence-corrected chi connectivity index (χ1v) is 6.31. The van der Waals surface area contributed by atoms with Crippen molar-refractivity contribution in [2.24, 2.45) is 11.7 Å². The highest BCUT2D eigenvalue weighted by Crippen LogP contribution is 2.26. The molecule has 98 valence electrons. The van der Waals surface area contributed by atoms with Gasteiger partial charge in [0.2, 0.25) is 11.8 Å². The summed E-state index contributed by atoms with van der Waals surface area (Å²) in [7, 11) is 0. The molecule has 0 aromatic heterocycles. The van der Waals surface area contributed by atoms with E-state index in [1.807, 2.05) is 6.92 Å². The van der Waals surface area contributed by atoms with E-state index < -0.39 is 11.9 Å². The molecule has 0 aliphatic heterocycles. The zero-order valence-electron chi connectivity index (χ0n) is 10.4. The van der Waals surface area contributed by atoms with Gasteiger partial charge in [-0.3, -0.25) is 9.59 Å². The largest absolute Gasteiger partial charge is 0.372 e. The van der Waals surface area contributed by atoms with Crippen LogP contribution < -0.4 is 11.1 Å². The topological polar surface area (TPSA) is 81.4 Å². The molecule has 5 heteroatoms. The van der Waals surface area contributed by atoms with Gasteiger partial charge in [0, 0.05) is 6.61 Å². The second-order valence-electron chi connectivity index (χ2n) is 4.48. The highest BCUT2D eigenvalue weighted by Gasteiger charge is 2.29. The van der Waals surface area contributed by atoms with Crippen LogP contribution in [-0.2, 0) is 14.3 Å². The predicted molar refractivity (Wildman–Crippen MR) is 64.2 cm³/mol. The Kier molecular flexibility index (Phi) is 5.97. The molecule has 5 nitrogen and oxygen atoms in total. The van der Waals surface area contributed by atoms with E-state index in [9.17, 15) is 9.59 Å². The Morgan fingerprint density at radius 3 is 2.53 bits per heavy atom. The number of ether oxygens (including phenoxy) is 1. The van der Waals surface area contributed by atoms with Crippen molar-refractivity contribution in [3.63, 3.8) is 0 Å². The molecule has 1 atom stereocenters. The number of nitrogens with two attached hydrogens (primary N) is 1. The Bertz CT molecular complexity index is 262. The zero-order chi connectivity index (χ0) is 12.7. The van der Waals surface area contributed by atoms with Gasteiger partial charge in [-0.2, -0.15) is 0 Å². The number of hydrogen-bond acceptors (Lipinski definition) is 3. The van der Waals surface area contributed by atoms with Crippen LogP contribution in [0.5, 0.6) is 0 Å². The first-order chi connectivity index (χ1) is 8.15. The normalized spacial score (nSPS) is 18.6. The molecule has 2 amide bonds. The Balaban J connectivity index is 2.47. The summed E-state index contributed by atoms with van der Waals surface area (Å²) < 4.78 is 5.00. The van der Waals surface area contributed by atoms with Crippen LogP contribution in [-0.4, -0.2) is 31.1 Å². The molecule has 1 aliphatic carbocycles. The standard InChI is InChI=1S/C12H22N2O3/c1-2-17-8-10(15)14-11(12(13)16)9-6-4-3-5-7-9/h9,11H,2-8H2,1H3,(H2,13,16)(H,14,15)/t11-/m1/s1. The molecule has 1 aliphatic rings. The molecule has 0 bridgehead atoms. The van der Waals surface area contributed by atoms with Crippen LogP contribution in [0.2, 0.25) is 0 Å². The molecule has 1 rings (SSSR count). The number of carbonyl (C=O) groups is 2. The summed E-state index contributed by atoms with van der Waals surface area (Å²) in [5.74, 6) is -0.519. The quantitative estimate of drug-likeness (QED) is 0.714. The van der Waals surface area contributed by atoms with E-state index in [1.165, 1.54) is 6.42 Å². The molecule has 3 N–H and O–H groups in total. The van der Waals surface area contributed by atoms with E-state index in [-0.39, 0.29) is 18.4 Å². The van der Waals surface area contributed by atoms with Crippen molar-refractivity contribution >= 4 is 11.8 Å². The number of hydrogen-bond donors (Lipinski definition) is 2. The molecule has 0 heterocycles. The predicted octanol–water partition coefficient (Wildman–Crippen LogP) is 0.573. The van der Waals surface area contributed by atoms with Crippen molar-refractivity contribution in [3.8, 4) is 0 Å². The second-order valence-corrected chi connectivity index (χ2v) is 4.48. The SMILES string of the molecule is CCOCC(=O)N[C@@H](C(N)=O)C1CCCCC1. The van der Waals surface area contributed by atoms with E-state index in [4.69, 9.17) is 10.5 Å². The number of amides is 2. The van der Waals surface area contributed by atoms with Crippen LogP contribution in [0.1, 0.15) is 39.0 Å². The van der Waals surface area contributed by atoms with Gasteiger partial charge in [-0.1, -0.05) is 19.3 Å². The van der Waals surface area contributed by atoms with Crippen molar-refractivity contribution in [2.75, 3.05) is 13.2 Å². The minimum Gasteiger partial charge on any atom is -0.372 e. The Hall–Kier alpha value is -1.10. The lowest BCUT2D eigenvalue weighted by Crippen LogP contribution is -2.50. The molecule has 0 aromatic carbocycles. The summed E-state index contributed by atoms with van der Waals surface area (Å²) in [6.07, 6.45) is 5.34. The van der Waals surface area contributed by atoms with Gasteiger partial charge in [-0.05, 0) is 25.7 Å². The number of rotatable bonds is 6. The minimum absolute atomic E-state index is 0.00694. The summed E-state index contributed by atoms with van der Waals surface area (Å²) in [4.78, 5) is 22.9. The first-order valence-electron chi connectivity index (χ1n) is 6.31. The molecular weight excluding hydrogens is 220 g/mol. The minimum atomic E-state index is -0.539. The third kappa shape index (κ3) is 4.73. The van der Waals surface area contributed by atoms with Crippen molar-refractivity contribution in [3.05, 3.63) is 0 Å². The van der Waals surface area contributed by atoms with Gasteiger partial charge in [-0.15, -0.1) is 0 Å². The molecular formula is C12H22N2O3. The third-order valence-electron chi connectivity index (χ3n) is 3.18. The average molecular weight is 242 g/mol. The van der Waals surface area contributed by atoms with Gasteiger partial charge in [0.1, 0.15) is 12.6 Å². The second kappa shape index (κ2) is 7.27. The maximum absolute atomic E-state index is 11.5. The van der Waals surface area contributed by atoms with Crippen molar-refractivity contribution in [1.29, 1.82) is 0 Å². The van der Waals surface area contributed by atoms with Gasteiger partial charge in [-0.25, -0.2) is 0 Å². The Morgan fingerprint density at radius 1 is 1.35 bits per heavy atom. The summed E-state index contributed by atoms with van der Waals surface area (Å²) in [5.41, 5.74) is 5.35. The van der Waals surface area contributed by atoms with Crippen LogP contribution >= 0.6 is 0 Å².